The maximum absolute atomic E-state index is 12.2. The van der Waals surface area contributed by atoms with Crippen molar-refractivity contribution in [3.63, 3.8) is 0 Å². The maximum atomic E-state index is 12.2. The first kappa shape index (κ1) is 19.4. The summed E-state index contributed by atoms with van der Waals surface area (Å²) in [6, 6.07) is 8.07. The van der Waals surface area contributed by atoms with Crippen LogP contribution < -0.4 is 19.5 Å². The van der Waals surface area contributed by atoms with Crippen LogP contribution in [0, 0.1) is 10.1 Å². The molecule has 3 rings (SSSR count). The zero-order valence-electron chi connectivity index (χ0n) is 14.7. The summed E-state index contributed by atoms with van der Waals surface area (Å²) in [5, 5.41) is 13.5. The second kappa shape index (κ2) is 7.72. The predicted octanol–water partition coefficient (Wildman–Crippen LogP) is 1.54. The average Bonchev–Trinajstić information content (AvgIpc) is 3.11. The van der Waals surface area contributed by atoms with Gasteiger partial charge in [0.15, 0.2) is 21.3 Å². The number of hydrogen-bond donors (Lipinski definition) is 1. The minimum Gasteiger partial charge on any atom is -0.492 e. The lowest BCUT2D eigenvalue weighted by Gasteiger charge is -2.09. The Hall–Kier alpha value is -3.34. The molecule has 1 N–H and O–H groups in total. The summed E-state index contributed by atoms with van der Waals surface area (Å²) < 4.78 is 39.3. The van der Waals surface area contributed by atoms with Gasteiger partial charge in [-0.05, 0) is 18.2 Å². The van der Waals surface area contributed by atoms with Gasteiger partial charge in [0.1, 0.15) is 12.4 Å². The summed E-state index contributed by atoms with van der Waals surface area (Å²) in [6.45, 7) is 0.372. The summed E-state index contributed by atoms with van der Waals surface area (Å²) in [4.78, 5) is 22.2. The molecule has 0 saturated carbocycles. The molecular formula is C17H16N2O8S. The molecule has 1 heterocycles. The largest absolute Gasteiger partial charge is 0.492 e. The van der Waals surface area contributed by atoms with Gasteiger partial charge in [0, 0.05) is 30.0 Å². The van der Waals surface area contributed by atoms with E-state index >= 15 is 0 Å². The SMILES string of the molecule is CS(=O)(=O)c1cc(C(=O)NCCOc2ccc3c(c2)OCO3)cc([N+](=O)[O-])c1. The molecule has 0 unspecified atom stereocenters. The fourth-order valence-corrected chi connectivity index (χ4v) is 3.11. The molecule has 0 saturated heterocycles. The lowest BCUT2D eigenvalue weighted by molar-refractivity contribution is -0.385. The van der Waals surface area contributed by atoms with Crippen LogP contribution in [0.3, 0.4) is 0 Å². The second-order valence-electron chi connectivity index (χ2n) is 5.86. The Morgan fingerprint density at radius 3 is 2.68 bits per heavy atom. The second-order valence-corrected chi connectivity index (χ2v) is 7.88. The van der Waals surface area contributed by atoms with Gasteiger partial charge in [0.2, 0.25) is 6.79 Å². The van der Waals surface area contributed by atoms with Gasteiger partial charge in [-0.2, -0.15) is 0 Å². The molecule has 11 heteroatoms. The Morgan fingerprint density at radius 1 is 1.21 bits per heavy atom. The number of hydrogen-bond acceptors (Lipinski definition) is 8. The first-order chi connectivity index (χ1) is 13.2. The van der Waals surface area contributed by atoms with Gasteiger partial charge < -0.3 is 19.5 Å². The fraction of sp³-hybridized carbons (Fsp3) is 0.235. The molecule has 28 heavy (non-hydrogen) atoms. The minimum absolute atomic E-state index is 0.101. The van der Waals surface area contributed by atoms with Crippen molar-refractivity contribution in [2.45, 2.75) is 4.90 Å². The number of nitro benzene ring substituents is 1. The number of fused-ring (bicyclic) bond motifs is 1. The Kier molecular flexibility index (Phi) is 5.36. The molecule has 1 aliphatic rings. The van der Waals surface area contributed by atoms with Crippen molar-refractivity contribution in [2.24, 2.45) is 0 Å². The minimum atomic E-state index is -3.71. The van der Waals surface area contributed by atoms with Gasteiger partial charge in [0.25, 0.3) is 11.6 Å². The highest BCUT2D eigenvalue weighted by Gasteiger charge is 2.19. The molecule has 0 aromatic heterocycles. The van der Waals surface area contributed by atoms with Crippen LogP contribution in [0.2, 0.25) is 0 Å². The first-order valence-electron chi connectivity index (χ1n) is 8.04. The summed E-state index contributed by atoms with van der Waals surface area (Å²) in [7, 11) is -3.71. The van der Waals surface area contributed by atoms with E-state index in [-0.39, 0.29) is 30.4 Å². The number of nitro groups is 1. The van der Waals surface area contributed by atoms with E-state index in [9.17, 15) is 23.3 Å². The van der Waals surface area contributed by atoms with Crippen molar-refractivity contribution in [3.8, 4) is 17.2 Å². The topological polar surface area (TPSA) is 134 Å². The molecular weight excluding hydrogens is 392 g/mol. The molecule has 0 spiro atoms. The lowest BCUT2D eigenvalue weighted by Crippen LogP contribution is -2.28. The summed E-state index contributed by atoms with van der Waals surface area (Å²) >= 11 is 0. The number of ether oxygens (including phenoxy) is 3. The van der Waals surface area contributed by atoms with E-state index in [1.54, 1.807) is 18.2 Å². The van der Waals surface area contributed by atoms with E-state index in [1.807, 2.05) is 0 Å². The van der Waals surface area contributed by atoms with Crippen molar-refractivity contribution in [2.75, 3.05) is 26.2 Å². The normalized spacial score (nSPS) is 12.5. The highest BCUT2D eigenvalue weighted by molar-refractivity contribution is 7.90. The molecule has 2 aromatic rings. The van der Waals surface area contributed by atoms with Crippen molar-refractivity contribution in [3.05, 3.63) is 52.1 Å². The quantitative estimate of drug-likeness (QED) is 0.414. The molecule has 0 fully saturated rings. The third-order valence-electron chi connectivity index (χ3n) is 3.79. The predicted molar refractivity (Wildman–Crippen MR) is 96.6 cm³/mol. The van der Waals surface area contributed by atoms with Crippen molar-refractivity contribution in [1.82, 2.24) is 5.32 Å². The number of nitrogens with one attached hydrogen (secondary N) is 1. The average molecular weight is 408 g/mol. The zero-order valence-corrected chi connectivity index (χ0v) is 15.5. The van der Waals surface area contributed by atoms with Crippen LogP contribution in [0.4, 0.5) is 5.69 Å². The van der Waals surface area contributed by atoms with Crippen LogP contribution in [0.5, 0.6) is 17.2 Å². The fourth-order valence-electron chi connectivity index (χ4n) is 2.44. The zero-order chi connectivity index (χ0) is 20.3. The monoisotopic (exact) mass is 408 g/mol. The van der Waals surface area contributed by atoms with Crippen molar-refractivity contribution >= 4 is 21.4 Å². The van der Waals surface area contributed by atoms with Gasteiger partial charge in [-0.15, -0.1) is 0 Å². The van der Waals surface area contributed by atoms with Crippen LogP contribution >= 0.6 is 0 Å². The third kappa shape index (κ3) is 4.49. The molecule has 1 aliphatic heterocycles. The number of benzene rings is 2. The van der Waals surface area contributed by atoms with Gasteiger partial charge in [0.05, 0.1) is 16.4 Å². The number of nitrogens with zero attached hydrogens (tertiary/aromatic N) is 1. The highest BCUT2D eigenvalue weighted by Crippen LogP contribution is 2.35. The number of carbonyl (C=O) groups is 1. The summed E-state index contributed by atoms with van der Waals surface area (Å²) in [6.07, 6.45) is 0.910. The molecule has 0 aliphatic carbocycles. The van der Waals surface area contributed by atoms with Crippen LogP contribution in [-0.4, -0.2) is 45.4 Å². The van der Waals surface area contributed by atoms with E-state index in [0.29, 0.717) is 17.2 Å². The van der Waals surface area contributed by atoms with Crippen molar-refractivity contribution in [1.29, 1.82) is 0 Å². The number of non-ortho nitro benzene ring substituents is 1. The van der Waals surface area contributed by atoms with Crippen molar-refractivity contribution < 1.29 is 32.3 Å². The Bertz CT molecular complexity index is 1040. The standard InChI is InChI=1S/C17H16N2O8S/c1-28(23,24)14-7-11(6-12(8-14)19(21)22)17(20)18-4-5-25-13-2-3-15-16(9-13)27-10-26-15/h2-3,6-9H,4-5,10H2,1H3,(H,18,20). The van der Waals surface area contributed by atoms with Gasteiger partial charge in [-0.25, -0.2) is 8.42 Å². The molecule has 0 bridgehead atoms. The van der Waals surface area contributed by atoms with E-state index in [1.165, 1.54) is 0 Å². The van der Waals surface area contributed by atoms with Gasteiger partial charge in [-0.1, -0.05) is 0 Å². The highest BCUT2D eigenvalue weighted by atomic mass is 32.2. The molecule has 1 amide bonds. The van der Waals surface area contributed by atoms with Gasteiger partial charge >= 0.3 is 0 Å². The molecule has 10 nitrogen and oxygen atoms in total. The third-order valence-corrected chi connectivity index (χ3v) is 4.88. The summed E-state index contributed by atoms with van der Waals surface area (Å²) in [5.41, 5.74) is -0.609. The Balaban J connectivity index is 1.61. The van der Waals surface area contributed by atoms with Crippen LogP contribution in [0.1, 0.15) is 10.4 Å². The number of carbonyl (C=O) groups excluding carboxylic acids is 1. The lowest BCUT2D eigenvalue weighted by atomic mass is 10.2. The smallest absolute Gasteiger partial charge is 0.271 e. The summed E-state index contributed by atoms with van der Waals surface area (Å²) in [5.74, 6) is 1.05. The molecule has 0 radical (unpaired) electrons. The molecule has 2 aromatic carbocycles. The van der Waals surface area contributed by atoms with Crippen LogP contribution in [0.15, 0.2) is 41.3 Å². The molecule has 0 atom stereocenters. The maximum Gasteiger partial charge on any atom is 0.271 e. The molecule has 148 valence electrons. The van der Waals surface area contributed by atoms with E-state index < -0.39 is 26.4 Å². The van der Waals surface area contributed by atoms with Crippen LogP contribution in [0.25, 0.3) is 0 Å². The number of sulfone groups is 1. The van der Waals surface area contributed by atoms with Gasteiger partial charge in [-0.3, -0.25) is 14.9 Å². The number of amides is 1. The number of rotatable bonds is 7. The van der Waals surface area contributed by atoms with E-state index in [2.05, 4.69) is 5.32 Å². The Morgan fingerprint density at radius 2 is 1.96 bits per heavy atom. The van der Waals surface area contributed by atoms with E-state index in [0.717, 1.165) is 24.5 Å². The van der Waals surface area contributed by atoms with Crippen LogP contribution in [-0.2, 0) is 9.84 Å². The first-order valence-corrected chi connectivity index (χ1v) is 9.93. The Labute approximate surface area is 160 Å². The van der Waals surface area contributed by atoms with E-state index in [4.69, 9.17) is 14.2 Å².